The van der Waals surface area contributed by atoms with Gasteiger partial charge < -0.3 is 0 Å². The molecule has 1 saturated heterocycles. The van der Waals surface area contributed by atoms with Crippen molar-refractivity contribution in [2.75, 3.05) is 11.5 Å². The summed E-state index contributed by atoms with van der Waals surface area (Å²) in [6.45, 7) is 7.17. The van der Waals surface area contributed by atoms with Crippen molar-refractivity contribution in [2.45, 2.75) is 89.6 Å². The van der Waals surface area contributed by atoms with Crippen molar-refractivity contribution in [2.24, 2.45) is 17.3 Å². The highest BCUT2D eigenvalue weighted by molar-refractivity contribution is 8.17. The Morgan fingerprint density at radius 2 is 1.57 bits per heavy atom. The number of rotatable bonds is 7. The molecule has 0 radical (unpaired) electrons. The lowest BCUT2D eigenvalue weighted by molar-refractivity contribution is 0.268. The zero-order valence-corrected chi connectivity index (χ0v) is 16.2. The quantitative estimate of drug-likeness (QED) is 0.462. The van der Waals surface area contributed by atoms with E-state index >= 15 is 0 Å². The first-order chi connectivity index (χ1) is 10.2. The van der Waals surface area contributed by atoms with Gasteiger partial charge in [-0.05, 0) is 36.5 Å². The summed E-state index contributed by atoms with van der Waals surface area (Å²) in [5, 5.41) is 0. The highest BCUT2D eigenvalue weighted by atomic mass is 32.2. The Balaban J connectivity index is 1.67. The van der Waals surface area contributed by atoms with Gasteiger partial charge in [0, 0.05) is 11.5 Å². The molecule has 2 fully saturated rings. The largest absolute Gasteiger partial charge is 0.147 e. The van der Waals surface area contributed by atoms with Crippen LogP contribution in [0.15, 0.2) is 0 Å². The molecule has 0 bridgehead atoms. The molecule has 1 heterocycles. The van der Waals surface area contributed by atoms with Crippen LogP contribution in [0.2, 0.25) is 0 Å². The summed E-state index contributed by atoms with van der Waals surface area (Å²) in [5.41, 5.74) is 0.623. The molecule has 1 saturated carbocycles. The van der Waals surface area contributed by atoms with Crippen LogP contribution in [0.4, 0.5) is 0 Å². The number of thioether (sulfide) groups is 2. The summed E-state index contributed by atoms with van der Waals surface area (Å²) in [4.78, 5) is 0. The first-order valence-electron chi connectivity index (χ1n) is 9.40. The van der Waals surface area contributed by atoms with Gasteiger partial charge in [0.25, 0.3) is 0 Å². The van der Waals surface area contributed by atoms with Gasteiger partial charge in [-0.3, -0.25) is 0 Å². The zero-order valence-electron chi connectivity index (χ0n) is 14.5. The van der Waals surface area contributed by atoms with E-state index in [4.69, 9.17) is 0 Å². The first kappa shape index (κ1) is 18.0. The van der Waals surface area contributed by atoms with Crippen LogP contribution in [-0.2, 0) is 0 Å². The van der Waals surface area contributed by atoms with Gasteiger partial charge in [0.1, 0.15) is 0 Å². The molecule has 0 aromatic heterocycles. The van der Waals surface area contributed by atoms with E-state index < -0.39 is 0 Å². The highest BCUT2D eigenvalue weighted by Gasteiger charge is 2.36. The van der Waals surface area contributed by atoms with Gasteiger partial charge in [-0.1, -0.05) is 65.7 Å². The Morgan fingerprint density at radius 1 is 0.905 bits per heavy atom. The monoisotopic (exact) mass is 328 g/mol. The van der Waals surface area contributed by atoms with Crippen LogP contribution >= 0.6 is 23.5 Å². The molecule has 2 rings (SSSR count). The predicted octanol–water partition coefficient (Wildman–Crippen LogP) is 6.99. The number of hydrogen-bond acceptors (Lipinski definition) is 2. The fourth-order valence-electron chi connectivity index (χ4n) is 4.11. The van der Waals surface area contributed by atoms with E-state index in [0.29, 0.717) is 5.41 Å². The van der Waals surface area contributed by atoms with Crippen molar-refractivity contribution in [3.05, 3.63) is 0 Å². The van der Waals surface area contributed by atoms with Crippen LogP contribution in [0.3, 0.4) is 0 Å². The molecule has 2 heteroatoms. The Labute approximate surface area is 142 Å². The smallest absolute Gasteiger partial charge is 0.0531 e. The summed E-state index contributed by atoms with van der Waals surface area (Å²) < 4.78 is 0.923. The lowest BCUT2D eigenvalue weighted by atomic mass is 9.80. The average molecular weight is 329 g/mol. The molecular weight excluding hydrogens is 292 g/mol. The summed E-state index contributed by atoms with van der Waals surface area (Å²) in [6, 6.07) is 0. The summed E-state index contributed by atoms with van der Waals surface area (Å²) in [7, 11) is 0. The predicted molar refractivity (Wildman–Crippen MR) is 101 cm³/mol. The Kier molecular flexibility index (Phi) is 7.83. The summed E-state index contributed by atoms with van der Waals surface area (Å²) in [5.74, 6) is 4.91. The van der Waals surface area contributed by atoms with Gasteiger partial charge in [0.05, 0.1) is 4.58 Å². The third kappa shape index (κ3) is 5.68. The maximum absolute atomic E-state index is 2.51. The molecule has 0 amide bonds. The molecule has 0 spiro atoms. The van der Waals surface area contributed by atoms with Gasteiger partial charge in [-0.2, -0.15) is 0 Å². The second-order valence-corrected chi connectivity index (χ2v) is 10.4. The molecule has 0 unspecified atom stereocenters. The van der Waals surface area contributed by atoms with Crippen LogP contribution in [0, 0.1) is 17.3 Å². The van der Waals surface area contributed by atoms with Crippen molar-refractivity contribution in [1.29, 1.82) is 0 Å². The second-order valence-electron chi connectivity index (χ2n) is 7.83. The first-order valence-corrected chi connectivity index (χ1v) is 11.5. The lowest BCUT2D eigenvalue weighted by Gasteiger charge is -2.41. The molecule has 1 aliphatic carbocycles. The lowest BCUT2D eigenvalue weighted by Crippen LogP contribution is -2.33. The van der Waals surface area contributed by atoms with Crippen molar-refractivity contribution in [3.8, 4) is 0 Å². The topological polar surface area (TPSA) is 0 Å². The van der Waals surface area contributed by atoms with Crippen molar-refractivity contribution in [1.82, 2.24) is 0 Å². The number of unbranched alkanes of at least 4 members (excludes halogenated alkanes) is 2. The molecule has 1 aliphatic heterocycles. The van der Waals surface area contributed by atoms with Crippen LogP contribution < -0.4 is 0 Å². The second kappa shape index (κ2) is 9.11. The fourth-order valence-corrected chi connectivity index (χ4v) is 7.75. The van der Waals surface area contributed by atoms with Gasteiger partial charge >= 0.3 is 0 Å². The fraction of sp³-hybridized carbons (Fsp3) is 1.00. The normalized spacial score (nSPS) is 37.6. The van der Waals surface area contributed by atoms with E-state index in [1.165, 1.54) is 75.7 Å². The van der Waals surface area contributed by atoms with E-state index in [2.05, 4.69) is 44.3 Å². The Morgan fingerprint density at radius 3 is 2.14 bits per heavy atom. The molecule has 0 aromatic carbocycles. The van der Waals surface area contributed by atoms with Crippen LogP contribution in [-0.4, -0.2) is 16.1 Å². The molecule has 0 N–H and O–H groups in total. The Hall–Kier alpha value is 0.700. The average Bonchev–Trinajstić information content (AvgIpc) is 2.49. The van der Waals surface area contributed by atoms with Crippen LogP contribution in [0.25, 0.3) is 0 Å². The standard InChI is InChI=1S/C19H36S2/c1-4-6-7-8-16-9-11-17(12-10-16)18-20-14-19(3,13-5-2)15-21-18/h16-18H,4-15H2,1-3H3/t16?,17?,18-,19-. The minimum atomic E-state index is 0.623. The minimum absolute atomic E-state index is 0.623. The third-order valence-electron chi connectivity index (χ3n) is 5.54. The Bertz CT molecular complexity index is 273. The summed E-state index contributed by atoms with van der Waals surface area (Å²) in [6.07, 6.45) is 14.7. The van der Waals surface area contributed by atoms with Gasteiger partial charge in [0.15, 0.2) is 0 Å². The van der Waals surface area contributed by atoms with Gasteiger partial charge in [-0.15, -0.1) is 23.5 Å². The third-order valence-corrected chi connectivity index (χ3v) is 9.51. The van der Waals surface area contributed by atoms with E-state index in [1.54, 1.807) is 0 Å². The maximum atomic E-state index is 2.51. The van der Waals surface area contributed by atoms with Crippen molar-refractivity contribution in [3.63, 3.8) is 0 Å². The van der Waals surface area contributed by atoms with E-state index in [9.17, 15) is 0 Å². The highest BCUT2D eigenvalue weighted by Crippen LogP contribution is 2.49. The van der Waals surface area contributed by atoms with Gasteiger partial charge in [0.2, 0.25) is 0 Å². The molecule has 124 valence electrons. The van der Waals surface area contributed by atoms with E-state index in [1.807, 2.05) is 0 Å². The molecule has 2 aliphatic rings. The minimum Gasteiger partial charge on any atom is -0.147 e. The molecule has 21 heavy (non-hydrogen) atoms. The van der Waals surface area contributed by atoms with Gasteiger partial charge in [-0.25, -0.2) is 0 Å². The molecular formula is C19H36S2. The van der Waals surface area contributed by atoms with Crippen LogP contribution in [0.1, 0.15) is 85.0 Å². The number of hydrogen-bond donors (Lipinski definition) is 0. The van der Waals surface area contributed by atoms with Crippen molar-refractivity contribution < 1.29 is 0 Å². The maximum Gasteiger partial charge on any atom is 0.0531 e. The molecule has 0 aromatic rings. The molecule has 0 nitrogen and oxygen atoms in total. The van der Waals surface area contributed by atoms with E-state index in [-0.39, 0.29) is 0 Å². The SMILES string of the molecule is CCCCCC1CCC([C@H]2SC[C@](C)(CCC)CS2)CC1. The molecule has 0 atom stereocenters. The van der Waals surface area contributed by atoms with E-state index in [0.717, 1.165) is 16.4 Å². The summed E-state index contributed by atoms with van der Waals surface area (Å²) >= 11 is 4.60. The zero-order chi connectivity index (χ0) is 15.1. The van der Waals surface area contributed by atoms with Crippen LogP contribution in [0.5, 0.6) is 0 Å². The van der Waals surface area contributed by atoms with Crippen molar-refractivity contribution >= 4 is 23.5 Å².